The molecule has 2 heteroatoms. The first-order valence-corrected chi connectivity index (χ1v) is 6.75. The van der Waals surface area contributed by atoms with Crippen LogP contribution in [-0.4, -0.2) is 11.1 Å². The van der Waals surface area contributed by atoms with Gasteiger partial charge in [0, 0.05) is 12.0 Å². The smallest absolute Gasteiger partial charge is 0.311 e. The number of hydrogen-bond donors (Lipinski definition) is 1. The highest BCUT2D eigenvalue weighted by Gasteiger charge is 2.11. The Hall–Kier alpha value is -2.79. The predicted molar refractivity (Wildman–Crippen MR) is 84.5 cm³/mol. The van der Waals surface area contributed by atoms with Gasteiger partial charge in [-0.3, -0.25) is 4.79 Å². The second kappa shape index (κ2) is 7.72. The molecule has 0 spiro atoms. The van der Waals surface area contributed by atoms with E-state index in [1.807, 2.05) is 66.7 Å². The second-order valence-electron chi connectivity index (χ2n) is 4.59. The van der Waals surface area contributed by atoms with E-state index in [4.69, 9.17) is 0 Å². The summed E-state index contributed by atoms with van der Waals surface area (Å²) in [5.41, 5.74) is 1.88. The van der Waals surface area contributed by atoms with Gasteiger partial charge in [-0.15, -0.1) is 0 Å². The Bertz CT molecular complexity index is 661. The van der Waals surface area contributed by atoms with Gasteiger partial charge in [0.2, 0.25) is 0 Å². The number of benzene rings is 2. The average molecular weight is 276 g/mol. The molecule has 0 saturated heterocycles. The normalized spacial score (nSPS) is 11.6. The highest BCUT2D eigenvalue weighted by Crippen LogP contribution is 2.09. The van der Waals surface area contributed by atoms with Crippen LogP contribution in [0.1, 0.15) is 17.5 Å². The number of rotatable bonds is 4. The van der Waals surface area contributed by atoms with Gasteiger partial charge in [-0.25, -0.2) is 0 Å². The fraction of sp³-hybridized carbons (Fsp3) is 0.105. The molecule has 0 aliphatic rings. The molecule has 0 aliphatic carbocycles. The third kappa shape index (κ3) is 5.00. The Labute approximate surface area is 124 Å². The molecule has 0 radical (unpaired) electrons. The molecule has 0 aromatic heterocycles. The molecule has 0 fully saturated rings. The first-order chi connectivity index (χ1) is 10.3. The topological polar surface area (TPSA) is 37.3 Å². The van der Waals surface area contributed by atoms with Crippen molar-refractivity contribution in [3.05, 3.63) is 77.9 Å². The van der Waals surface area contributed by atoms with Gasteiger partial charge in [-0.2, -0.15) is 0 Å². The molecule has 1 N–H and O–H groups in total. The third-order valence-electron chi connectivity index (χ3n) is 2.97. The van der Waals surface area contributed by atoms with E-state index in [9.17, 15) is 9.90 Å². The zero-order chi connectivity index (χ0) is 14.9. The number of carboxylic acids is 1. The van der Waals surface area contributed by atoms with Crippen molar-refractivity contribution >= 4 is 12.0 Å². The van der Waals surface area contributed by atoms with Crippen molar-refractivity contribution in [3.63, 3.8) is 0 Å². The van der Waals surface area contributed by atoms with Gasteiger partial charge in [0.25, 0.3) is 0 Å². The monoisotopic (exact) mass is 276 g/mol. The van der Waals surface area contributed by atoms with E-state index in [-0.39, 0.29) is 0 Å². The van der Waals surface area contributed by atoms with Gasteiger partial charge < -0.3 is 5.11 Å². The van der Waals surface area contributed by atoms with E-state index in [2.05, 4.69) is 11.8 Å². The van der Waals surface area contributed by atoms with Crippen molar-refractivity contribution < 1.29 is 9.90 Å². The molecule has 2 aromatic carbocycles. The predicted octanol–water partition coefficient (Wildman–Crippen LogP) is 3.84. The summed E-state index contributed by atoms with van der Waals surface area (Å²) in [7, 11) is 0. The fourth-order valence-electron chi connectivity index (χ4n) is 1.81. The summed E-state index contributed by atoms with van der Waals surface area (Å²) in [5.74, 6) is 4.47. The lowest BCUT2D eigenvalue weighted by Gasteiger charge is -2.02. The van der Waals surface area contributed by atoms with Crippen LogP contribution in [-0.2, 0) is 4.79 Å². The first kappa shape index (κ1) is 14.6. The number of carboxylic acid groups (broad SMARTS) is 1. The molecule has 2 aromatic rings. The second-order valence-corrected chi connectivity index (χ2v) is 4.59. The van der Waals surface area contributed by atoms with Gasteiger partial charge in [-0.05, 0) is 17.7 Å². The zero-order valence-electron chi connectivity index (χ0n) is 11.6. The summed E-state index contributed by atoms with van der Waals surface area (Å²) in [4.78, 5) is 11.2. The van der Waals surface area contributed by atoms with E-state index in [1.54, 1.807) is 6.08 Å². The van der Waals surface area contributed by atoms with Crippen LogP contribution >= 0.6 is 0 Å². The van der Waals surface area contributed by atoms with Gasteiger partial charge in [0.05, 0.1) is 5.92 Å². The zero-order valence-corrected chi connectivity index (χ0v) is 11.6. The maximum Gasteiger partial charge on any atom is 0.311 e. The molecule has 0 bridgehead atoms. The van der Waals surface area contributed by atoms with Gasteiger partial charge >= 0.3 is 5.97 Å². The maximum atomic E-state index is 11.2. The minimum Gasteiger partial charge on any atom is -0.481 e. The molecule has 2 rings (SSSR count). The molecule has 0 unspecified atom stereocenters. The largest absolute Gasteiger partial charge is 0.481 e. The van der Waals surface area contributed by atoms with Crippen LogP contribution in [0, 0.1) is 17.8 Å². The molecule has 104 valence electrons. The Morgan fingerprint density at radius 1 is 1.05 bits per heavy atom. The number of aliphatic carboxylic acids is 1. The highest BCUT2D eigenvalue weighted by atomic mass is 16.4. The van der Waals surface area contributed by atoms with Gasteiger partial charge in [0.15, 0.2) is 0 Å². The molecular weight excluding hydrogens is 260 g/mol. The lowest BCUT2D eigenvalue weighted by Crippen LogP contribution is -2.09. The summed E-state index contributed by atoms with van der Waals surface area (Å²) >= 11 is 0. The third-order valence-corrected chi connectivity index (χ3v) is 2.97. The van der Waals surface area contributed by atoms with Crippen molar-refractivity contribution in [3.8, 4) is 11.8 Å². The fourth-order valence-corrected chi connectivity index (χ4v) is 1.81. The van der Waals surface area contributed by atoms with Crippen molar-refractivity contribution in [2.24, 2.45) is 5.92 Å². The van der Waals surface area contributed by atoms with E-state index in [0.29, 0.717) is 6.42 Å². The maximum absolute atomic E-state index is 11.2. The minimum atomic E-state index is -0.857. The minimum absolute atomic E-state index is 0.299. The van der Waals surface area contributed by atoms with E-state index >= 15 is 0 Å². The van der Waals surface area contributed by atoms with E-state index < -0.39 is 11.9 Å². The van der Waals surface area contributed by atoms with E-state index in [0.717, 1.165) is 11.1 Å². The van der Waals surface area contributed by atoms with Crippen LogP contribution < -0.4 is 0 Å². The molecule has 0 heterocycles. The van der Waals surface area contributed by atoms with Gasteiger partial charge in [-0.1, -0.05) is 72.5 Å². The van der Waals surface area contributed by atoms with Crippen LogP contribution in [0.2, 0.25) is 0 Å². The number of hydrogen-bond acceptors (Lipinski definition) is 1. The Balaban J connectivity index is 2.02. The molecule has 21 heavy (non-hydrogen) atoms. The number of carbonyl (C=O) groups is 1. The lowest BCUT2D eigenvalue weighted by atomic mass is 10.0. The van der Waals surface area contributed by atoms with Crippen molar-refractivity contribution in [1.82, 2.24) is 0 Å². The Morgan fingerprint density at radius 3 is 2.29 bits per heavy atom. The van der Waals surface area contributed by atoms with Crippen LogP contribution in [0.3, 0.4) is 0 Å². The molecular formula is C19H16O2. The van der Waals surface area contributed by atoms with Crippen LogP contribution in [0.5, 0.6) is 0 Å². The van der Waals surface area contributed by atoms with Crippen molar-refractivity contribution in [2.75, 3.05) is 0 Å². The lowest BCUT2D eigenvalue weighted by molar-refractivity contribution is -0.139. The highest BCUT2D eigenvalue weighted by molar-refractivity contribution is 5.74. The van der Waals surface area contributed by atoms with Crippen LogP contribution in [0.15, 0.2) is 66.7 Å². The first-order valence-electron chi connectivity index (χ1n) is 6.75. The average Bonchev–Trinajstić information content (AvgIpc) is 2.52. The standard InChI is InChI=1S/C19H16O2/c20-19(21)18(15-14-17-10-5-2-6-11-17)13-7-12-16-8-3-1-4-9-16/h1-6,8-11,14-15,18H,13H2,(H,20,21)/b15-14+/t18-/m0/s1. The van der Waals surface area contributed by atoms with Gasteiger partial charge in [0.1, 0.15) is 0 Å². The molecule has 0 amide bonds. The quantitative estimate of drug-likeness (QED) is 0.861. The van der Waals surface area contributed by atoms with Crippen molar-refractivity contribution in [1.29, 1.82) is 0 Å². The molecule has 0 aliphatic heterocycles. The Morgan fingerprint density at radius 2 is 1.67 bits per heavy atom. The summed E-state index contributed by atoms with van der Waals surface area (Å²) in [6.07, 6.45) is 3.81. The van der Waals surface area contributed by atoms with Crippen LogP contribution in [0.4, 0.5) is 0 Å². The summed E-state index contributed by atoms with van der Waals surface area (Å²) in [6, 6.07) is 19.2. The molecule has 1 atom stereocenters. The van der Waals surface area contributed by atoms with Crippen LogP contribution in [0.25, 0.3) is 6.08 Å². The molecule has 0 saturated carbocycles. The summed E-state index contributed by atoms with van der Waals surface area (Å²) < 4.78 is 0. The summed E-state index contributed by atoms with van der Waals surface area (Å²) in [6.45, 7) is 0. The molecule has 2 nitrogen and oxygen atoms in total. The summed E-state index contributed by atoms with van der Waals surface area (Å²) in [5, 5.41) is 9.23. The van der Waals surface area contributed by atoms with E-state index in [1.165, 1.54) is 0 Å². The SMILES string of the molecule is O=C(O)[C@H](/C=C/c1ccccc1)CC#Cc1ccccc1. The van der Waals surface area contributed by atoms with Crippen molar-refractivity contribution in [2.45, 2.75) is 6.42 Å². The Kier molecular flexibility index (Phi) is 5.37.